The summed E-state index contributed by atoms with van der Waals surface area (Å²) < 4.78 is 18.9. The minimum Gasteiger partial charge on any atom is -0.497 e. The van der Waals surface area contributed by atoms with Gasteiger partial charge in [0.15, 0.2) is 5.60 Å². The fraction of sp³-hybridized carbons (Fsp3) is 0.130. The maximum atomic E-state index is 13.8. The smallest absolute Gasteiger partial charge is 0.268 e. The minimum absolute atomic E-state index is 0.109. The number of amides is 2. The van der Waals surface area contributed by atoms with Gasteiger partial charge in [0, 0.05) is 16.8 Å². The number of anilines is 2. The summed E-state index contributed by atoms with van der Waals surface area (Å²) >= 11 is 0. The molecule has 1 aliphatic rings. The van der Waals surface area contributed by atoms with E-state index in [4.69, 9.17) is 4.74 Å². The molecule has 1 aliphatic heterocycles. The fourth-order valence-electron chi connectivity index (χ4n) is 3.60. The van der Waals surface area contributed by atoms with Crippen molar-refractivity contribution in [3.8, 4) is 5.75 Å². The third-order valence-electron chi connectivity index (χ3n) is 5.06. The number of carbonyl (C=O) groups is 2. The van der Waals surface area contributed by atoms with Crippen LogP contribution in [0.5, 0.6) is 5.75 Å². The van der Waals surface area contributed by atoms with Crippen LogP contribution in [0.2, 0.25) is 0 Å². The van der Waals surface area contributed by atoms with Gasteiger partial charge in [-0.3, -0.25) is 14.5 Å². The second kappa shape index (κ2) is 7.61. The quantitative estimate of drug-likeness (QED) is 0.683. The Balaban J connectivity index is 1.62. The highest BCUT2D eigenvalue weighted by molar-refractivity contribution is 6.12. The van der Waals surface area contributed by atoms with Gasteiger partial charge in [-0.15, -0.1) is 0 Å². The Morgan fingerprint density at radius 2 is 1.83 bits per heavy atom. The Labute approximate surface area is 172 Å². The number of fused-ring (bicyclic) bond motifs is 1. The minimum atomic E-state index is -2.07. The standard InChI is InChI=1S/C23H19FN2O4/c1-30-18-11-9-17(10-12-18)25-21(27)14-26-20-8-3-2-7-19(20)23(29,22(26)28)15-5-4-6-16(24)13-15/h2-13,29H,14H2,1H3,(H,25,27)/t23-/m1/s1. The molecule has 7 heteroatoms. The number of hydrogen-bond donors (Lipinski definition) is 2. The van der Waals surface area contributed by atoms with Crippen LogP contribution in [0.3, 0.4) is 0 Å². The van der Waals surface area contributed by atoms with Crippen molar-refractivity contribution in [1.82, 2.24) is 0 Å². The van der Waals surface area contributed by atoms with E-state index in [1.54, 1.807) is 55.6 Å². The zero-order chi connectivity index (χ0) is 21.3. The zero-order valence-corrected chi connectivity index (χ0v) is 16.1. The van der Waals surface area contributed by atoms with Crippen LogP contribution in [-0.2, 0) is 15.2 Å². The number of rotatable bonds is 5. The van der Waals surface area contributed by atoms with Gasteiger partial charge < -0.3 is 15.2 Å². The van der Waals surface area contributed by atoms with Crippen molar-refractivity contribution in [3.63, 3.8) is 0 Å². The van der Waals surface area contributed by atoms with Crippen molar-refractivity contribution < 1.29 is 23.8 Å². The van der Waals surface area contributed by atoms with E-state index in [-0.39, 0.29) is 12.1 Å². The summed E-state index contributed by atoms with van der Waals surface area (Å²) in [6, 6.07) is 18.7. The van der Waals surface area contributed by atoms with E-state index in [0.29, 0.717) is 22.7 Å². The third kappa shape index (κ3) is 3.29. The third-order valence-corrected chi connectivity index (χ3v) is 5.06. The second-order valence-electron chi connectivity index (χ2n) is 6.91. The summed E-state index contributed by atoms with van der Waals surface area (Å²) in [5.74, 6) is -1.07. The Hall–Kier alpha value is -3.71. The van der Waals surface area contributed by atoms with E-state index in [2.05, 4.69) is 5.32 Å². The zero-order valence-electron chi connectivity index (χ0n) is 16.1. The van der Waals surface area contributed by atoms with E-state index in [1.165, 1.54) is 23.1 Å². The van der Waals surface area contributed by atoms with E-state index in [0.717, 1.165) is 6.07 Å². The number of nitrogens with zero attached hydrogens (tertiary/aromatic N) is 1. The molecule has 1 heterocycles. The molecule has 6 nitrogen and oxygen atoms in total. The predicted octanol–water partition coefficient (Wildman–Crippen LogP) is 3.06. The second-order valence-corrected chi connectivity index (χ2v) is 6.91. The van der Waals surface area contributed by atoms with E-state index < -0.39 is 23.2 Å². The number of ether oxygens (including phenoxy) is 1. The first-order valence-electron chi connectivity index (χ1n) is 9.27. The van der Waals surface area contributed by atoms with Crippen LogP contribution in [0.25, 0.3) is 0 Å². The summed E-state index contributed by atoms with van der Waals surface area (Å²) in [5.41, 5.74) is -0.713. The molecule has 152 valence electrons. The summed E-state index contributed by atoms with van der Waals surface area (Å²) in [6.07, 6.45) is 0. The lowest BCUT2D eigenvalue weighted by Gasteiger charge is -2.23. The van der Waals surface area contributed by atoms with Crippen LogP contribution in [-0.4, -0.2) is 30.6 Å². The lowest BCUT2D eigenvalue weighted by atomic mass is 9.87. The van der Waals surface area contributed by atoms with Crippen molar-refractivity contribution in [3.05, 3.63) is 89.7 Å². The summed E-state index contributed by atoms with van der Waals surface area (Å²) in [4.78, 5) is 27.0. The van der Waals surface area contributed by atoms with Crippen molar-refractivity contribution in [1.29, 1.82) is 0 Å². The molecule has 2 amide bonds. The Kier molecular flexibility index (Phi) is 4.97. The Morgan fingerprint density at radius 3 is 2.53 bits per heavy atom. The molecule has 30 heavy (non-hydrogen) atoms. The van der Waals surface area contributed by atoms with Crippen LogP contribution in [0.1, 0.15) is 11.1 Å². The number of nitrogens with one attached hydrogen (secondary N) is 1. The van der Waals surface area contributed by atoms with E-state index >= 15 is 0 Å². The maximum Gasteiger partial charge on any atom is 0.268 e. The van der Waals surface area contributed by atoms with Gasteiger partial charge in [0.1, 0.15) is 18.1 Å². The normalized spacial score (nSPS) is 17.6. The van der Waals surface area contributed by atoms with Gasteiger partial charge in [0.25, 0.3) is 5.91 Å². The molecule has 0 saturated heterocycles. The topological polar surface area (TPSA) is 78.9 Å². The molecular weight excluding hydrogens is 387 g/mol. The molecule has 0 aromatic heterocycles. The number of methoxy groups -OCH3 is 1. The van der Waals surface area contributed by atoms with Gasteiger partial charge in [0.05, 0.1) is 12.8 Å². The van der Waals surface area contributed by atoms with Crippen LogP contribution in [0.4, 0.5) is 15.8 Å². The van der Waals surface area contributed by atoms with Crippen molar-refractivity contribution in [2.24, 2.45) is 0 Å². The largest absolute Gasteiger partial charge is 0.497 e. The van der Waals surface area contributed by atoms with Gasteiger partial charge >= 0.3 is 0 Å². The number of halogens is 1. The highest BCUT2D eigenvalue weighted by Crippen LogP contribution is 2.44. The summed E-state index contributed by atoms with van der Waals surface area (Å²) in [6.45, 7) is -0.306. The van der Waals surface area contributed by atoms with Gasteiger partial charge in [-0.25, -0.2) is 4.39 Å². The van der Waals surface area contributed by atoms with Gasteiger partial charge in [0.2, 0.25) is 5.91 Å². The number of benzene rings is 3. The average Bonchev–Trinajstić information content (AvgIpc) is 2.97. The van der Waals surface area contributed by atoms with Crippen LogP contribution >= 0.6 is 0 Å². The monoisotopic (exact) mass is 406 g/mol. The highest BCUT2D eigenvalue weighted by atomic mass is 19.1. The SMILES string of the molecule is COc1ccc(NC(=O)CN2C(=O)[C@@](O)(c3cccc(F)c3)c3ccccc32)cc1. The number of aliphatic hydroxyl groups is 1. The molecule has 2 N–H and O–H groups in total. The molecule has 0 spiro atoms. The van der Waals surface area contributed by atoms with Gasteiger partial charge in [-0.1, -0.05) is 30.3 Å². The van der Waals surface area contributed by atoms with Gasteiger partial charge in [-0.05, 0) is 42.5 Å². The first kappa shape index (κ1) is 19.6. The maximum absolute atomic E-state index is 13.8. The van der Waals surface area contributed by atoms with Gasteiger partial charge in [-0.2, -0.15) is 0 Å². The van der Waals surface area contributed by atoms with Crippen molar-refractivity contribution in [2.75, 3.05) is 23.9 Å². The molecule has 0 fully saturated rings. The lowest BCUT2D eigenvalue weighted by Crippen LogP contribution is -2.44. The molecule has 3 aromatic rings. The predicted molar refractivity (Wildman–Crippen MR) is 110 cm³/mol. The molecule has 0 bridgehead atoms. The first-order valence-corrected chi connectivity index (χ1v) is 9.27. The molecule has 0 aliphatic carbocycles. The first-order chi connectivity index (χ1) is 14.4. The van der Waals surface area contributed by atoms with Crippen molar-refractivity contribution in [2.45, 2.75) is 5.60 Å². The van der Waals surface area contributed by atoms with E-state index in [1.807, 2.05) is 0 Å². The Morgan fingerprint density at radius 1 is 1.10 bits per heavy atom. The highest BCUT2D eigenvalue weighted by Gasteiger charge is 2.51. The molecule has 0 unspecified atom stereocenters. The lowest BCUT2D eigenvalue weighted by molar-refractivity contribution is -0.133. The number of hydrogen-bond acceptors (Lipinski definition) is 4. The fourth-order valence-corrected chi connectivity index (χ4v) is 3.60. The Bertz CT molecular complexity index is 1120. The molecular formula is C23H19FN2O4. The van der Waals surface area contributed by atoms with Crippen LogP contribution in [0, 0.1) is 5.82 Å². The molecule has 1 atom stereocenters. The molecule has 4 rings (SSSR count). The number of carbonyl (C=O) groups excluding carboxylic acids is 2. The average molecular weight is 406 g/mol. The van der Waals surface area contributed by atoms with Crippen molar-refractivity contribution >= 4 is 23.2 Å². The summed E-state index contributed by atoms with van der Waals surface area (Å²) in [7, 11) is 1.55. The van der Waals surface area contributed by atoms with Crippen LogP contribution < -0.4 is 15.0 Å². The number of para-hydroxylation sites is 1. The molecule has 0 radical (unpaired) electrons. The summed E-state index contributed by atoms with van der Waals surface area (Å²) in [5, 5.41) is 14.1. The molecule has 3 aromatic carbocycles. The van der Waals surface area contributed by atoms with Crippen LogP contribution in [0.15, 0.2) is 72.8 Å². The van der Waals surface area contributed by atoms with E-state index in [9.17, 15) is 19.1 Å². The molecule has 0 saturated carbocycles.